The number of aromatic nitrogens is 6. The minimum atomic E-state index is 0.636. The molecule has 0 unspecified atom stereocenters. The lowest BCUT2D eigenvalue weighted by atomic mass is 10.1. The third-order valence-corrected chi connectivity index (χ3v) is 6.00. The van der Waals surface area contributed by atoms with Crippen molar-refractivity contribution in [2.75, 3.05) is 0 Å². The first-order valence-corrected chi connectivity index (χ1v) is 10.7. The number of rotatable bonds is 5. The van der Waals surface area contributed by atoms with Crippen LogP contribution in [0.15, 0.2) is 67.5 Å². The first kappa shape index (κ1) is 19.1. The highest BCUT2D eigenvalue weighted by molar-refractivity contribution is 7.15. The Hall–Kier alpha value is -3.84. The van der Waals surface area contributed by atoms with Crippen LogP contribution < -0.4 is 0 Å². The van der Waals surface area contributed by atoms with Crippen molar-refractivity contribution < 1.29 is 0 Å². The molecule has 0 saturated carbocycles. The number of imidazole rings is 1. The summed E-state index contributed by atoms with van der Waals surface area (Å²) in [6, 6.07) is 8.16. The Labute approximate surface area is 183 Å². The molecule has 0 aliphatic heterocycles. The van der Waals surface area contributed by atoms with Crippen LogP contribution in [0.3, 0.4) is 0 Å². The van der Waals surface area contributed by atoms with Gasteiger partial charge in [-0.15, -0.1) is 11.3 Å². The summed E-state index contributed by atoms with van der Waals surface area (Å²) in [4.78, 5) is 19.7. The van der Waals surface area contributed by atoms with Crippen molar-refractivity contribution in [3.05, 3.63) is 78.0 Å². The van der Waals surface area contributed by atoms with E-state index in [1.165, 1.54) is 4.88 Å². The van der Waals surface area contributed by atoms with Crippen molar-refractivity contribution in [3.63, 3.8) is 0 Å². The van der Waals surface area contributed by atoms with Gasteiger partial charge in [0.2, 0.25) is 0 Å². The Morgan fingerprint density at radius 3 is 2.87 bits per heavy atom. The first-order chi connectivity index (χ1) is 15.1. The molecule has 0 aliphatic carbocycles. The van der Waals surface area contributed by atoms with Crippen molar-refractivity contribution in [1.82, 2.24) is 30.1 Å². The van der Waals surface area contributed by atoms with Gasteiger partial charge in [-0.1, -0.05) is 30.9 Å². The van der Waals surface area contributed by atoms with Crippen molar-refractivity contribution in [2.24, 2.45) is 0 Å². The molecule has 7 heteroatoms. The predicted molar refractivity (Wildman–Crippen MR) is 128 cm³/mol. The average molecular weight is 425 g/mol. The van der Waals surface area contributed by atoms with E-state index in [1.54, 1.807) is 23.7 Å². The highest BCUT2D eigenvalue weighted by Gasteiger charge is 2.17. The highest BCUT2D eigenvalue weighted by Crippen LogP contribution is 2.33. The number of nitrogens with one attached hydrogen (secondary N) is 2. The summed E-state index contributed by atoms with van der Waals surface area (Å²) in [5.41, 5.74) is 5.88. The third-order valence-electron chi connectivity index (χ3n) is 4.99. The molecule has 6 nitrogen and oxygen atoms in total. The van der Waals surface area contributed by atoms with Crippen LogP contribution in [0, 0.1) is 6.92 Å². The van der Waals surface area contributed by atoms with E-state index in [1.807, 2.05) is 43.4 Å². The number of H-pyrrole nitrogens is 2. The molecule has 0 bridgehead atoms. The average Bonchev–Trinajstić information content (AvgIpc) is 3.50. The van der Waals surface area contributed by atoms with Gasteiger partial charge in [0.25, 0.3) is 0 Å². The number of hydrogen-bond acceptors (Lipinski definition) is 5. The van der Waals surface area contributed by atoms with Gasteiger partial charge >= 0.3 is 0 Å². The lowest BCUT2D eigenvalue weighted by Crippen LogP contribution is -1.85. The monoisotopic (exact) mass is 424 g/mol. The van der Waals surface area contributed by atoms with Crippen LogP contribution in [0.1, 0.15) is 17.4 Å². The molecule has 0 aliphatic rings. The fraction of sp³-hybridized carbons (Fsp3) is 0.0833. The maximum atomic E-state index is 4.87. The van der Waals surface area contributed by atoms with Crippen molar-refractivity contribution in [2.45, 2.75) is 13.8 Å². The second kappa shape index (κ2) is 7.77. The predicted octanol–water partition coefficient (Wildman–Crippen LogP) is 6.08. The second-order valence-corrected chi connectivity index (χ2v) is 8.44. The molecule has 0 atom stereocenters. The van der Waals surface area contributed by atoms with Crippen molar-refractivity contribution in [1.29, 1.82) is 0 Å². The van der Waals surface area contributed by atoms with E-state index >= 15 is 0 Å². The number of nitrogens with zero attached hydrogens (tertiary/aromatic N) is 4. The van der Waals surface area contributed by atoms with E-state index < -0.39 is 0 Å². The van der Waals surface area contributed by atoms with Crippen LogP contribution in [0.5, 0.6) is 0 Å². The molecule has 5 aromatic heterocycles. The van der Waals surface area contributed by atoms with Gasteiger partial charge in [0, 0.05) is 22.8 Å². The number of hydrogen-bond donors (Lipinski definition) is 2. The van der Waals surface area contributed by atoms with Gasteiger partial charge in [-0.25, -0.2) is 9.97 Å². The van der Waals surface area contributed by atoms with Gasteiger partial charge in [0.15, 0.2) is 11.5 Å². The topological polar surface area (TPSA) is 83.1 Å². The standard InChI is InChI=1S/C24H20N6S/c1-4-5-6-7-14(2)16-12-17-20(29-30-23(17)26-13-16)24-27-18-10-11-25-22(21(18)28-24)19-9-8-15(3)31-19/h4-13H,2H2,1,3H3,(H,27,28)(H,26,29,30)/b5-4-,7-6-. The van der Waals surface area contributed by atoms with Crippen LogP contribution >= 0.6 is 11.3 Å². The summed E-state index contributed by atoms with van der Waals surface area (Å²) < 4.78 is 0. The summed E-state index contributed by atoms with van der Waals surface area (Å²) in [7, 11) is 0. The molecule has 31 heavy (non-hydrogen) atoms. The maximum absolute atomic E-state index is 4.87. The van der Waals surface area contributed by atoms with E-state index in [9.17, 15) is 0 Å². The fourth-order valence-electron chi connectivity index (χ4n) is 3.43. The summed E-state index contributed by atoms with van der Waals surface area (Å²) in [6.07, 6.45) is 11.5. The number of fused-ring (bicyclic) bond motifs is 2. The second-order valence-electron chi connectivity index (χ2n) is 7.16. The molecule has 0 fully saturated rings. The van der Waals surface area contributed by atoms with E-state index in [0.29, 0.717) is 11.5 Å². The number of aryl methyl sites for hydroxylation is 1. The Morgan fingerprint density at radius 1 is 1.16 bits per heavy atom. The van der Waals surface area contributed by atoms with Crippen LogP contribution in [-0.2, 0) is 0 Å². The molecule has 0 amide bonds. The van der Waals surface area contributed by atoms with Crippen LogP contribution in [-0.4, -0.2) is 30.1 Å². The molecule has 5 heterocycles. The number of thiophene rings is 1. The van der Waals surface area contributed by atoms with Crippen molar-refractivity contribution >= 4 is 39.0 Å². The third kappa shape index (κ3) is 3.49. The zero-order chi connectivity index (χ0) is 21.4. The Balaban J connectivity index is 1.61. The molecule has 0 spiro atoms. The van der Waals surface area contributed by atoms with E-state index in [2.05, 4.69) is 50.8 Å². The minimum Gasteiger partial charge on any atom is -0.337 e. The summed E-state index contributed by atoms with van der Waals surface area (Å²) in [5, 5.41) is 8.33. The smallest absolute Gasteiger partial charge is 0.181 e. The van der Waals surface area contributed by atoms with E-state index in [-0.39, 0.29) is 0 Å². The van der Waals surface area contributed by atoms with Crippen LogP contribution in [0.4, 0.5) is 0 Å². The van der Waals surface area contributed by atoms with Gasteiger partial charge in [-0.3, -0.25) is 10.1 Å². The summed E-state index contributed by atoms with van der Waals surface area (Å²) in [5.74, 6) is 0.703. The number of aromatic amines is 2. The highest BCUT2D eigenvalue weighted by atomic mass is 32.1. The molecule has 2 N–H and O–H groups in total. The Kier molecular flexibility index (Phi) is 4.80. The molecular weight excluding hydrogens is 404 g/mol. The molecular formula is C24H20N6S. The SMILES string of the molecule is C=C(/C=C\C=C/C)c1cnc2n[nH]c(-c3nc4c(-c5ccc(C)s5)nccc4[nH]3)c2c1. The molecule has 0 saturated heterocycles. The lowest BCUT2D eigenvalue weighted by molar-refractivity contribution is 1.09. The van der Waals surface area contributed by atoms with Crippen LogP contribution in [0.25, 0.3) is 49.7 Å². The van der Waals surface area contributed by atoms with Gasteiger partial charge in [-0.05, 0) is 43.7 Å². The zero-order valence-electron chi connectivity index (χ0n) is 17.2. The molecule has 152 valence electrons. The van der Waals surface area contributed by atoms with Gasteiger partial charge in [-0.2, -0.15) is 5.10 Å². The molecule has 5 rings (SSSR count). The number of allylic oxidation sites excluding steroid dienone is 5. The zero-order valence-corrected chi connectivity index (χ0v) is 18.0. The lowest BCUT2D eigenvalue weighted by Gasteiger charge is -2.00. The number of pyridine rings is 2. The summed E-state index contributed by atoms with van der Waals surface area (Å²) in [6.45, 7) is 8.22. The Bertz CT molecular complexity index is 1480. The summed E-state index contributed by atoms with van der Waals surface area (Å²) >= 11 is 1.71. The van der Waals surface area contributed by atoms with Gasteiger partial charge in [0.05, 0.1) is 15.8 Å². The molecule has 0 aromatic carbocycles. The first-order valence-electron chi connectivity index (χ1n) is 9.88. The minimum absolute atomic E-state index is 0.636. The fourth-order valence-corrected chi connectivity index (χ4v) is 4.30. The Morgan fingerprint density at radius 2 is 2.06 bits per heavy atom. The van der Waals surface area contributed by atoms with Crippen LogP contribution in [0.2, 0.25) is 0 Å². The van der Waals surface area contributed by atoms with E-state index in [0.717, 1.165) is 43.8 Å². The van der Waals surface area contributed by atoms with Gasteiger partial charge in [0.1, 0.15) is 16.9 Å². The van der Waals surface area contributed by atoms with E-state index in [4.69, 9.17) is 4.98 Å². The molecule has 5 aromatic rings. The molecule has 0 radical (unpaired) electrons. The largest absolute Gasteiger partial charge is 0.337 e. The van der Waals surface area contributed by atoms with Gasteiger partial charge < -0.3 is 4.98 Å². The normalized spacial score (nSPS) is 12.1. The van der Waals surface area contributed by atoms with Crippen molar-refractivity contribution in [3.8, 4) is 22.1 Å². The maximum Gasteiger partial charge on any atom is 0.181 e. The quantitative estimate of drug-likeness (QED) is 0.335.